The van der Waals surface area contributed by atoms with E-state index in [2.05, 4.69) is 28.6 Å². The van der Waals surface area contributed by atoms with Crippen LogP contribution in [0.2, 0.25) is 0 Å². The number of imidazole rings is 1. The molecular formula is C19H27N5O. The van der Waals surface area contributed by atoms with Gasteiger partial charge in [0.25, 0.3) is 5.91 Å². The predicted octanol–water partition coefficient (Wildman–Crippen LogP) is 1.49. The summed E-state index contributed by atoms with van der Waals surface area (Å²) in [7, 11) is 0. The summed E-state index contributed by atoms with van der Waals surface area (Å²) >= 11 is 0. The number of likely N-dealkylation sites (tertiary alicyclic amines) is 1. The summed E-state index contributed by atoms with van der Waals surface area (Å²) in [5, 5.41) is 0. The van der Waals surface area contributed by atoms with Gasteiger partial charge in [0, 0.05) is 57.5 Å². The zero-order chi connectivity index (χ0) is 17.6. The third-order valence-electron chi connectivity index (χ3n) is 5.65. The van der Waals surface area contributed by atoms with Crippen molar-refractivity contribution in [1.82, 2.24) is 24.1 Å². The fourth-order valence-corrected chi connectivity index (χ4v) is 3.99. The molecule has 2 saturated heterocycles. The van der Waals surface area contributed by atoms with Gasteiger partial charge in [0.05, 0.1) is 5.69 Å². The predicted molar refractivity (Wildman–Crippen MR) is 97.9 cm³/mol. The molecule has 6 nitrogen and oxygen atoms in total. The van der Waals surface area contributed by atoms with Crippen molar-refractivity contribution in [1.29, 1.82) is 0 Å². The standard InChI is InChI=1S/C19H27N5O/c1-14(2)21-8-10-22(11-9-21)16-12-23(13-16)19(25)18-15(3)20-17-6-4-5-7-24(17)18/h4-7,14,16H,8-13H2,1-3H3. The van der Waals surface area contributed by atoms with Gasteiger partial charge in [-0.2, -0.15) is 0 Å². The van der Waals surface area contributed by atoms with E-state index < -0.39 is 0 Å². The molecule has 0 spiro atoms. The molecule has 25 heavy (non-hydrogen) atoms. The lowest BCUT2D eigenvalue weighted by Crippen LogP contribution is -2.64. The molecule has 0 aliphatic carbocycles. The van der Waals surface area contributed by atoms with Crippen LogP contribution < -0.4 is 0 Å². The summed E-state index contributed by atoms with van der Waals surface area (Å²) in [5.74, 6) is 0.105. The van der Waals surface area contributed by atoms with E-state index in [1.165, 1.54) is 0 Å². The highest BCUT2D eigenvalue weighted by molar-refractivity contribution is 5.95. The lowest BCUT2D eigenvalue weighted by molar-refractivity contribution is 0.00279. The first-order valence-corrected chi connectivity index (χ1v) is 9.25. The van der Waals surface area contributed by atoms with Crippen molar-refractivity contribution in [3.8, 4) is 0 Å². The summed E-state index contributed by atoms with van der Waals surface area (Å²) in [6.07, 6.45) is 1.92. The van der Waals surface area contributed by atoms with Crippen LogP contribution in [0.1, 0.15) is 30.0 Å². The monoisotopic (exact) mass is 341 g/mol. The number of nitrogens with zero attached hydrogens (tertiary/aromatic N) is 5. The number of aryl methyl sites for hydroxylation is 1. The number of carbonyl (C=O) groups excluding carboxylic acids is 1. The molecule has 0 unspecified atom stereocenters. The van der Waals surface area contributed by atoms with E-state index in [4.69, 9.17) is 0 Å². The van der Waals surface area contributed by atoms with Gasteiger partial charge >= 0.3 is 0 Å². The maximum atomic E-state index is 12.9. The first-order chi connectivity index (χ1) is 12.0. The molecule has 4 heterocycles. The van der Waals surface area contributed by atoms with Gasteiger partial charge in [0.15, 0.2) is 0 Å². The number of rotatable bonds is 3. The Hall–Kier alpha value is -1.92. The topological polar surface area (TPSA) is 44.1 Å². The zero-order valence-electron chi connectivity index (χ0n) is 15.4. The maximum absolute atomic E-state index is 12.9. The molecule has 2 aromatic rings. The van der Waals surface area contributed by atoms with Gasteiger partial charge in [-0.1, -0.05) is 6.07 Å². The van der Waals surface area contributed by atoms with Crippen LogP contribution in [0.25, 0.3) is 5.65 Å². The van der Waals surface area contributed by atoms with Crippen molar-refractivity contribution in [2.45, 2.75) is 32.9 Å². The third-order valence-corrected chi connectivity index (χ3v) is 5.65. The second-order valence-corrected chi connectivity index (χ2v) is 7.50. The van der Waals surface area contributed by atoms with Crippen molar-refractivity contribution in [3.63, 3.8) is 0 Å². The highest BCUT2D eigenvalue weighted by Crippen LogP contribution is 2.22. The maximum Gasteiger partial charge on any atom is 0.272 e. The quantitative estimate of drug-likeness (QED) is 0.849. The van der Waals surface area contributed by atoms with E-state index in [1.807, 2.05) is 40.6 Å². The van der Waals surface area contributed by atoms with Crippen molar-refractivity contribution in [2.75, 3.05) is 39.3 Å². The van der Waals surface area contributed by atoms with Crippen LogP contribution in [0.4, 0.5) is 0 Å². The molecule has 1 amide bonds. The summed E-state index contributed by atoms with van der Waals surface area (Å²) in [5.41, 5.74) is 2.36. The number of piperazine rings is 1. The van der Waals surface area contributed by atoms with Crippen LogP contribution in [0.15, 0.2) is 24.4 Å². The lowest BCUT2D eigenvalue weighted by atomic mass is 10.0. The molecule has 0 saturated carbocycles. The second-order valence-electron chi connectivity index (χ2n) is 7.50. The molecule has 4 rings (SSSR count). The molecule has 2 aliphatic heterocycles. The Morgan fingerprint density at radius 1 is 1.16 bits per heavy atom. The van der Waals surface area contributed by atoms with Crippen LogP contribution in [-0.4, -0.2) is 81.3 Å². The highest BCUT2D eigenvalue weighted by Gasteiger charge is 2.37. The number of amides is 1. The summed E-state index contributed by atoms with van der Waals surface area (Å²) in [6, 6.07) is 6.97. The molecule has 0 radical (unpaired) electrons. The number of fused-ring (bicyclic) bond motifs is 1. The van der Waals surface area contributed by atoms with E-state index in [0.717, 1.165) is 50.6 Å². The summed E-state index contributed by atoms with van der Waals surface area (Å²) in [4.78, 5) is 24.5. The van der Waals surface area contributed by atoms with Crippen LogP contribution in [0.3, 0.4) is 0 Å². The fourth-order valence-electron chi connectivity index (χ4n) is 3.99. The second kappa shape index (κ2) is 6.42. The highest BCUT2D eigenvalue weighted by atomic mass is 16.2. The Kier molecular flexibility index (Phi) is 4.25. The normalized spacial score (nSPS) is 20.4. The van der Waals surface area contributed by atoms with E-state index in [-0.39, 0.29) is 5.91 Å². The van der Waals surface area contributed by atoms with Crippen LogP contribution >= 0.6 is 0 Å². The van der Waals surface area contributed by atoms with Gasteiger partial charge in [0.1, 0.15) is 11.3 Å². The Labute approximate surface area is 149 Å². The average Bonchev–Trinajstić information content (AvgIpc) is 2.89. The van der Waals surface area contributed by atoms with Gasteiger partial charge in [-0.3, -0.25) is 19.0 Å². The lowest BCUT2D eigenvalue weighted by Gasteiger charge is -2.48. The van der Waals surface area contributed by atoms with Crippen molar-refractivity contribution < 1.29 is 4.79 Å². The first kappa shape index (κ1) is 16.5. The molecule has 134 valence electrons. The van der Waals surface area contributed by atoms with E-state index in [0.29, 0.717) is 17.8 Å². The number of hydrogen-bond donors (Lipinski definition) is 0. The molecule has 2 aliphatic rings. The van der Waals surface area contributed by atoms with Gasteiger partial charge in [-0.15, -0.1) is 0 Å². The van der Waals surface area contributed by atoms with Gasteiger partial charge in [0.2, 0.25) is 0 Å². The zero-order valence-corrected chi connectivity index (χ0v) is 15.4. The average molecular weight is 341 g/mol. The Morgan fingerprint density at radius 2 is 1.88 bits per heavy atom. The molecule has 0 bridgehead atoms. The minimum atomic E-state index is 0.105. The molecule has 0 aromatic carbocycles. The van der Waals surface area contributed by atoms with Crippen molar-refractivity contribution in [2.24, 2.45) is 0 Å². The Bertz CT molecular complexity index is 769. The Balaban J connectivity index is 1.39. The SMILES string of the molecule is Cc1nc2ccccn2c1C(=O)N1CC(N2CCN(C(C)C)CC2)C1. The number of hydrogen-bond acceptors (Lipinski definition) is 4. The van der Waals surface area contributed by atoms with Crippen LogP contribution in [-0.2, 0) is 0 Å². The molecule has 2 aromatic heterocycles. The van der Waals surface area contributed by atoms with Gasteiger partial charge in [-0.25, -0.2) is 4.98 Å². The molecule has 2 fully saturated rings. The van der Waals surface area contributed by atoms with Crippen LogP contribution in [0.5, 0.6) is 0 Å². The van der Waals surface area contributed by atoms with Crippen molar-refractivity contribution >= 4 is 11.6 Å². The molecular weight excluding hydrogens is 314 g/mol. The minimum absolute atomic E-state index is 0.105. The number of aromatic nitrogens is 2. The largest absolute Gasteiger partial charge is 0.334 e. The van der Waals surface area contributed by atoms with Crippen LogP contribution in [0, 0.1) is 6.92 Å². The van der Waals surface area contributed by atoms with Crippen molar-refractivity contribution in [3.05, 3.63) is 35.8 Å². The minimum Gasteiger partial charge on any atom is -0.334 e. The van der Waals surface area contributed by atoms with E-state index in [1.54, 1.807) is 0 Å². The molecule has 0 atom stereocenters. The van der Waals surface area contributed by atoms with Gasteiger partial charge < -0.3 is 4.90 Å². The number of pyridine rings is 1. The number of carbonyl (C=O) groups is 1. The fraction of sp³-hybridized carbons (Fsp3) is 0.579. The smallest absolute Gasteiger partial charge is 0.272 e. The third kappa shape index (κ3) is 2.93. The Morgan fingerprint density at radius 3 is 2.56 bits per heavy atom. The first-order valence-electron chi connectivity index (χ1n) is 9.25. The molecule has 0 N–H and O–H groups in total. The van der Waals surface area contributed by atoms with E-state index >= 15 is 0 Å². The summed E-state index contributed by atoms with van der Waals surface area (Å²) < 4.78 is 1.91. The van der Waals surface area contributed by atoms with E-state index in [9.17, 15) is 4.79 Å². The summed E-state index contributed by atoms with van der Waals surface area (Å²) in [6.45, 7) is 12.6. The molecule has 6 heteroatoms. The van der Waals surface area contributed by atoms with Gasteiger partial charge in [-0.05, 0) is 32.9 Å².